The zero-order chi connectivity index (χ0) is 19.8. The van der Waals surface area contributed by atoms with Crippen LogP contribution in [0.5, 0.6) is 0 Å². The van der Waals surface area contributed by atoms with Crippen LogP contribution >= 0.6 is 0 Å². The second kappa shape index (κ2) is 6.87. The number of ketones is 1. The van der Waals surface area contributed by atoms with Gasteiger partial charge in [0.05, 0.1) is 6.54 Å². The summed E-state index contributed by atoms with van der Waals surface area (Å²) in [6.07, 6.45) is 3.80. The maximum atomic E-state index is 13.0. The van der Waals surface area contributed by atoms with E-state index in [1.165, 1.54) is 0 Å². The summed E-state index contributed by atoms with van der Waals surface area (Å²) >= 11 is 0. The molecule has 1 aliphatic heterocycles. The molecule has 0 atom stereocenters. The Kier molecular flexibility index (Phi) is 4.05. The van der Waals surface area contributed by atoms with Crippen LogP contribution < -0.4 is 11.1 Å². The van der Waals surface area contributed by atoms with Crippen molar-refractivity contribution in [1.29, 1.82) is 0 Å². The molecule has 3 heterocycles. The predicted molar refractivity (Wildman–Crippen MR) is 113 cm³/mol. The van der Waals surface area contributed by atoms with Gasteiger partial charge in [0.1, 0.15) is 11.5 Å². The van der Waals surface area contributed by atoms with Gasteiger partial charge in [-0.2, -0.15) is 4.98 Å². The molecule has 2 aromatic heterocycles. The van der Waals surface area contributed by atoms with E-state index in [2.05, 4.69) is 25.3 Å². The third-order valence-electron chi connectivity index (χ3n) is 4.97. The van der Waals surface area contributed by atoms with Crippen LogP contribution in [0.4, 0.5) is 17.5 Å². The van der Waals surface area contributed by atoms with E-state index >= 15 is 0 Å². The first-order chi connectivity index (χ1) is 14.2. The molecule has 0 aliphatic carbocycles. The summed E-state index contributed by atoms with van der Waals surface area (Å²) < 4.78 is 0. The Morgan fingerprint density at radius 3 is 2.97 bits per heavy atom. The highest BCUT2D eigenvalue weighted by Crippen LogP contribution is 2.26. The first kappa shape index (κ1) is 17.1. The number of carbonyl (C=O) groups excluding carboxylic acids is 1. The molecule has 0 radical (unpaired) electrons. The van der Waals surface area contributed by atoms with Gasteiger partial charge < -0.3 is 16.0 Å². The summed E-state index contributed by atoms with van der Waals surface area (Å²) in [5.74, 6) is 0.810. The van der Waals surface area contributed by atoms with Crippen molar-refractivity contribution in [2.75, 3.05) is 11.1 Å². The van der Waals surface area contributed by atoms with Crippen LogP contribution in [-0.2, 0) is 17.8 Å². The van der Waals surface area contributed by atoms with Crippen LogP contribution in [0.1, 0.15) is 16.7 Å². The quantitative estimate of drug-likeness (QED) is 0.490. The van der Waals surface area contributed by atoms with E-state index in [-0.39, 0.29) is 11.7 Å². The van der Waals surface area contributed by atoms with E-state index in [0.29, 0.717) is 24.5 Å². The highest BCUT2D eigenvalue weighted by atomic mass is 16.1. The molecule has 5 rings (SSSR count). The lowest BCUT2D eigenvalue weighted by atomic mass is 9.98. The maximum Gasteiger partial charge on any atom is 0.221 e. The average molecular weight is 382 g/mol. The van der Waals surface area contributed by atoms with E-state index < -0.39 is 0 Å². The third-order valence-corrected chi connectivity index (χ3v) is 4.97. The SMILES string of the molecule is Nc1nccc(Nc2ccc3c(c2)C(C(=O)Cc2ccc4cc[nH]c4c2)=NC3)n1. The number of hydrogen-bond acceptors (Lipinski definition) is 6. The number of nitrogens with one attached hydrogen (secondary N) is 2. The maximum absolute atomic E-state index is 13.0. The number of carbonyl (C=O) groups is 1. The van der Waals surface area contributed by atoms with E-state index in [9.17, 15) is 4.79 Å². The number of aliphatic imine (C=N–C) groups is 1. The van der Waals surface area contributed by atoms with Crippen LogP contribution in [0, 0.1) is 0 Å². The molecule has 0 unspecified atom stereocenters. The van der Waals surface area contributed by atoms with Crippen LogP contribution in [0.2, 0.25) is 0 Å². The lowest BCUT2D eigenvalue weighted by Gasteiger charge is -2.09. The summed E-state index contributed by atoms with van der Waals surface area (Å²) in [4.78, 5) is 28.7. The summed E-state index contributed by atoms with van der Waals surface area (Å²) in [7, 11) is 0. The number of Topliss-reactive ketones (excluding diaryl/α,β-unsaturated/α-hetero) is 1. The molecule has 29 heavy (non-hydrogen) atoms. The second-order valence-electron chi connectivity index (χ2n) is 6.96. The monoisotopic (exact) mass is 382 g/mol. The molecule has 1 aliphatic rings. The van der Waals surface area contributed by atoms with Crippen molar-refractivity contribution in [2.45, 2.75) is 13.0 Å². The molecule has 0 amide bonds. The lowest BCUT2D eigenvalue weighted by Crippen LogP contribution is -2.16. The minimum Gasteiger partial charge on any atom is -0.368 e. The van der Waals surface area contributed by atoms with Gasteiger partial charge in [-0.15, -0.1) is 0 Å². The molecule has 0 saturated carbocycles. The third kappa shape index (κ3) is 3.34. The van der Waals surface area contributed by atoms with Gasteiger partial charge in [-0.1, -0.05) is 18.2 Å². The molecule has 7 heteroatoms. The number of benzene rings is 2. The molecule has 4 N–H and O–H groups in total. The van der Waals surface area contributed by atoms with Gasteiger partial charge in [-0.05, 0) is 46.8 Å². The van der Waals surface area contributed by atoms with Crippen molar-refractivity contribution in [2.24, 2.45) is 4.99 Å². The molecular weight excluding hydrogens is 364 g/mol. The molecular formula is C22H18N6O. The van der Waals surface area contributed by atoms with Crippen molar-refractivity contribution >= 4 is 39.9 Å². The van der Waals surface area contributed by atoms with Gasteiger partial charge >= 0.3 is 0 Å². The van der Waals surface area contributed by atoms with Gasteiger partial charge in [-0.25, -0.2) is 4.98 Å². The number of hydrogen-bond donors (Lipinski definition) is 3. The fraction of sp³-hybridized carbons (Fsp3) is 0.0909. The number of anilines is 3. The molecule has 4 aromatic rings. The van der Waals surface area contributed by atoms with Gasteiger partial charge in [0.15, 0.2) is 5.78 Å². The van der Waals surface area contributed by atoms with E-state index in [4.69, 9.17) is 5.73 Å². The fourth-order valence-corrected chi connectivity index (χ4v) is 3.57. The number of nitrogens with zero attached hydrogens (tertiary/aromatic N) is 3. The number of nitrogen functional groups attached to an aromatic ring is 1. The largest absolute Gasteiger partial charge is 0.368 e. The van der Waals surface area contributed by atoms with Crippen LogP contribution in [0.3, 0.4) is 0 Å². The summed E-state index contributed by atoms with van der Waals surface area (Å²) in [5, 5.41) is 4.33. The van der Waals surface area contributed by atoms with E-state index in [1.807, 2.05) is 48.7 Å². The highest BCUT2D eigenvalue weighted by Gasteiger charge is 2.23. The lowest BCUT2D eigenvalue weighted by molar-refractivity contribution is -0.112. The standard InChI is InChI=1S/C22H18N6O/c23-22-25-8-6-20(28-22)27-16-4-3-15-12-26-21(17(15)11-16)19(29)10-13-1-2-14-5-7-24-18(14)9-13/h1-9,11,24H,10,12H2,(H3,23,25,27,28). The molecule has 0 bridgehead atoms. The van der Waals surface area contributed by atoms with Crippen LogP contribution in [0.15, 0.2) is 65.9 Å². The number of nitrogens with two attached hydrogens (primary N) is 1. The van der Waals surface area contributed by atoms with Crippen molar-refractivity contribution in [1.82, 2.24) is 15.0 Å². The number of aromatic amines is 1. The summed E-state index contributed by atoms with van der Waals surface area (Å²) in [5.41, 5.74) is 10.9. The van der Waals surface area contributed by atoms with Gasteiger partial charge in [0, 0.05) is 35.6 Å². The predicted octanol–water partition coefficient (Wildman–Crippen LogP) is 3.40. The van der Waals surface area contributed by atoms with Crippen molar-refractivity contribution in [3.63, 3.8) is 0 Å². The van der Waals surface area contributed by atoms with E-state index in [0.717, 1.165) is 33.3 Å². The minimum atomic E-state index is 0.0121. The normalized spacial score (nSPS) is 12.6. The summed E-state index contributed by atoms with van der Waals surface area (Å²) in [6.45, 7) is 0.521. The number of fused-ring (bicyclic) bond motifs is 2. The Morgan fingerprint density at radius 2 is 2.07 bits per heavy atom. The smallest absolute Gasteiger partial charge is 0.221 e. The zero-order valence-corrected chi connectivity index (χ0v) is 15.5. The number of H-pyrrole nitrogens is 1. The van der Waals surface area contributed by atoms with Crippen molar-refractivity contribution < 1.29 is 4.79 Å². The Balaban J connectivity index is 1.38. The second-order valence-corrected chi connectivity index (χ2v) is 6.96. The molecule has 0 spiro atoms. The zero-order valence-electron chi connectivity index (χ0n) is 15.5. The van der Waals surface area contributed by atoms with Crippen molar-refractivity contribution in [3.8, 4) is 0 Å². The Labute approximate surface area is 166 Å². The Hall–Kier alpha value is -4.00. The Morgan fingerprint density at radius 1 is 1.14 bits per heavy atom. The molecule has 142 valence electrons. The van der Waals surface area contributed by atoms with Crippen LogP contribution in [0.25, 0.3) is 10.9 Å². The highest BCUT2D eigenvalue weighted by molar-refractivity contribution is 6.47. The molecule has 0 fully saturated rings. The van der Waals surface area contributed by atoms with Gasteiger partial charge in [-0.3, -0.25) is 9.79 Å². The average Bonchev–Trinajstić information content (AvgIpc) is 3.34. The summed E-state index contributed by atoms with van der Waals surface area (Å²) in [6, 6.07) is 15.6. The Bertz CT molecular complexity index is 1270. The number of aromatic nitrogens is 3. The molecule has 7 nitrogen and oxygen atoms in total. The van der Waals surface area contributed by atoms with E-state index in [1.54, 1.807) is 12.3 Å². The first-order valence-corrected chi connectivity index (χ1v) is 9.28. The molecule has 0 saturated heterocycles. The van der Waals surface area contributed by atoms with Crippen molar-refractivity contribution in [3.05, 3.63) is 77.6 Å². The van der Waals surface area contributed by atoms with Gasteiger partial charge in [0.25, 0.3) is 0 Å². The fourth-order valence-electron chi connectivity index (χ4n) is 3.57. The topological polar surface area (TPSA) is 109 Å². The minimum absolute atomic E-state index is 0.0121. The number of rotatable bonds is 5. The first-order valence-electron chi connectivity index (χ1n) is 9.28. The molecule has 2 aromatic carbocycles. The van der Waals surface area contributed by atoms with Crippen LogP contribution in [-0.4, -0.2) is 26.4 Å². The van der Waals surface area contributed by atoms with Gasteiger partial charge in [0.2, 0.25) is 5.95 Å².